The molecule has 2 aromatic carbocycles. The van der Waals surface area contributed by atoms with Gasteiger partial charge in [0.25, 0.3) is 0 Å². The van der Waals surface area contributed by atoms with Crippen LogP contribution >= 0.6 is 39.3 Å². The maximum Gasteiger partial charge on any atom is 0.119 e. The van der Waals surface area contributed by atoms with Crippen LogP contribution in [0.3, 0.4) is 0 Å². The van der Waals surface area contributed by atoms with Crippen molar-refractivity contribution < 1.29 is 4.74 Å². The number of hydrogen-bond acceptors (Lipinski definition) is 3. The standard InChI is InChI=1S/C14H13BrClNOS/c1-18-10-2-4-12(15)9(6-10)8-19-11-3-5-14(17)13(16)7-11/h2-7H,8,17H2,1H3. The van der Waals surface area contributed by atoms with Crippen LogP contribution in [0.15, 0.2) is 45.8 Å². The number of halogens is 2. The molecule has 0 saturated carbocycles. The topological polar surface area (TPSA) is 35.2 Å². The Hall–Kier alpha value is -0.840. The zero-order valence-corrected chi connectivity index (χ0v) is 13.5. The normalized spacial score (nSPS) is 10.5. The molecule has 0 saturated heterocycles. The van der Waals surface area contributed by atoms with Gasteiger partial charge in [0, 0.05) is 15.1 Å². The molecule has 0 atom stereocenters. The molecule has 0 aliphatic rings. The predicted molar refractivity (Wildman–Crippen MR) is 86.1 cm³/mol. The van der Waals surface area contributed by atoms with Gasteiger partial charge in [0.15, 0.2) is 0 Å². The Bertz CT molecular complexity index is 592. The molecule has 0 bridgehead atoms. The van der Waals surface area contributed by atoms with E-state index in [4.69, 9.17) is 22.1 Å². The number of nitrogens with two attached hydrogens (primary N) is 1. The molecule has 2 aromatic rings. The van der Waals surface area contributed by atoms with Crippen molar-refractivity contribution in [3.63, 3.8) is 0 Å². The van der Waals surface area contributed by atoms with Crippen molar-refractivity contribution in [1.29, 1.82) is 0 Å². The van der Waals surface area contributed by atoms with Gasteiger partial charge in [0.05, 0.1) is 17.8 Å². The molecule has 19 heavy (non-hydrogen) atoms. The van der Waals surface area contributed by atoms with Crippen molar-refractivity contribution in [3.8, 4) is 5.75 Å². The summed E-state index contributed by atoms with van der Waals surface area (Å²) in [5.41, 5.74) is 7.48. The average Bonchev–Trinajstić information content (AvgIpc) is 2.41. The van der Waals surface area contributed by atoms with E-state index in [2.05, 4.69) is 15.9 Å². The van der Waals surface area contributed by atoms with E-state index in [0.717, 1.165) is 20.9 Å². The summed E-state index contributed by atoms with van der Waals surface area (Å²) in [7, 11) is 1.67. The van der Waals surface area contributed by atoms with Crippen LogP contribution in [-0.4, -0.2) is 7.11 Å². The summed E-state index contributed by atoms with van der Waals surface area (Å²) >= 11 is 11.3. The van der Waals surface area contributed by atoms with Gasteiger partial charge >= 0.3 is 0 Å². The molecule has 2 nitrogen and oxygen atoms in total. The summed E-state index contributed by atoms with van der Waals surface area (Å²) in [6.45, 7) is 0. The summed E-state index contributed by atoms with van der Waals surface area (Å²) in [4.78, 5) is 1.09. The van der Waals surface area contributed by atoms with Crippen molar-refractivity contribution in [2.24, 2.45) is 0 Å². The first-order valence-corrected chi connectivity index (χ1v) is 7.76. The second-order valence-electron chi connectivity index (χ2n) is 3.93. The van der Waals surface area contributed by atoms with Crippen LogP contribution in [0, 0.1) is 0 Å². The molecule has 100 valence electrons. The maximum absolute atomic E-state index is 6.01. The van der Waals surface area contributed by atoms with Crippen molar-refractivity contribution in [2.45, 2.75) is 10.6 Å². The summed E-state index contributed by atoms with van der Waals surface area (Å²) in [6.07, 6.45) is 0. The number of ether oxygens (including phenoxy) is 1. The fourth-order valence-electron chi connectivity index (χ4n) is 1.55. The molecule has 0 aliphatic carbocycles. The molecule has 0 spiro atoms. The van der Waals surface area contributed by atoms with Gasteiger partial charge in [0.1, 0.15) is 5.75 Å². The first-order valence-electron chi connectivity index (χ1n) is 5.60. The Morgan fingerprint density at radius 2 is 2.05 bits per heavy atom. The number of rotatable bonds is 4. The number of thioether (sulfide) groups is 1. The van der Waals surface area contributed by atoms with Gasteiger partial charge in [-0.1, -0.05) is 27.5 Å². The van der Waals surface area contributed by atoms with Crippen molar-refractivity contribution >= 4 is 45.0 Å². The lowest BCUT2D eigenvalue weighted by molar-refractivity contribution is 0.414. The average molecular weight is 359 g/mol. The van der Waals surface area contributed by atoms with Crippen LogP contribution in [0.2, 0.25) is 5.02 Å². The highest BCUT2D eigenvalue weighted by atomic mass is 79.9. The van der Waals surface area contributed by atoms with Crippen LogP contribution in [0.1, 0.15) is 5.56 Å². The van der Waals surface area contributed by atoms with Gasteiger partial charge in [-0.3, -0.25) is 0 Å². The number of hydrogen-bond donors (Lipinski definition) is 1. The van der Waals surface area contributed by atoms with E-state index in [9.17, 15) is 0 Å². The summed E-state index contributed by atoms with van der Waals surface area (Å²) in [6, 6.07) is 11.6. The minimum atomic E-state index is 0.592. The molecule has 0 heterocycles. The van der Waals surface area contributed by atoms with Gasteiger partial charge < -0.3 is 10.5 Å². The monoisotopic (exact) mass is 357 g/mol. The zero-order chi connectivity index (χ0) is 13.8. The smallest absolute Gasteiger partial charge is 0.119 e. The minimum absolute atomic E-state index is 0.592. The van der Waals surface area contributed by atoms with Crippen molar-refractivity contribution in [1.82, 2.24) is 0 Å². The first-order chi connectivity index (χ1) is 9.10. The second-order valence-corrected chi connectivity index (χ2v) is 6.24. The third-order valence-corrected chi connectivity index (χ3v) is 4.76. The van der Waals surface area contributed by atoms with Gasteiger partial charge in [-0.15, -0.1) is 11.8 Å². The first kappa shape index (κ1) is 14.6. The lowest BCUT2D eigenvalue weighted by Gasteiger charge is -2.08. The maximum atomic E-state index is 6.01. The highest BCUT2D eigenvalue weighted by Crippen LogP contribution is 2.32. The Morgan fingerprint density at radius 1 is 1.26 bits per heavy atom. The Kier molecular flexibility index (Phi) is 5.02. The van der Waals surface area contributed by atoms with Crippen molar-refractivity contribution in [3.05, 3.63) is 51.5 Å². The summed E-state index contributed by atoms with van der Waals surface area (Å²) in [5, 5.41) is 0.592. The fraction of sp³-hybridized carbons (Fsp3) is 0.143. The number of anilines is 1. The van der Waals surface area contributed by atoms with Crippen LogP contribution in [-0.2, 0) is 5.75 Å². The number of benzene rings is 2. The zero-order valence-electron chi connectivity index (χ0n) is 10.3. The van der Waals surface area contributed by atoms with E-state index in [1.165, 1.54) is 5.56 Å². The summed E-state index contributed by atoms with van der Waals surface area (Å²) < 4.78 is 6.30. The molecular formula is C14H13BrClNOS. The van der Waals surface area contributed by atoms with Crippen LogP contribution in [0.4, 0.5) is 5.69 Å². The minimum Gasteiger partial charge on any atom is -0.497 e. The highest BCUT2D eigenvalue weighted by molar-refractivity contribution is 9.10. The van der Waals surface area contributed by atoms with E-state index in [-0.39, 0.29) is 0 Å². The molecular weight excluding hydrogens is 346 g/mol. The molecule has 2 N–H and O–H groups in total. The van der Waals surface area contributed by atoms with E-state index in [0.29, 0.717) is 10.7 Å². The quantitative estimate of drug-likeness (QED) is 0.618. The fourth-order valence-corrected chi connectivity index (χ4v) is 3.29. The molecule has 0 aliphatic heterocycles. The number of nitrogen functional groups attached to an aromatic ring is 1. The van der Waals surface area contributed by atoms with Gasteiger partial charge in [-0.05, 0) is 42.0 Å². The molecule has 0 aromatic heterocycles. The number of methoxy groups -OCH3 is 1. The molecule has 0 unspecified atom stereocenters. The summed E-state index contributed by atoms with van der Waals surface area (Å²) in [5.74, 6) is 1.69. The Morgan fingerprint density at radius 3 is 2.74 bits per heavy atom. The van der Waals surface area contributed by atoms with Crippen LogP contribution in [0.25, 0.3) is 0 Å². The van der Waals surface area contributed by atoms with E-state index < -0.39 is 0 Å². The van der Waals surface area contributed by atoms with Gasteiger partial charge in [-0.2, -0.15) is 0 Å². The van der Waals surface area contributed by atoms with E-state index >= 15 is 0 Å². The lowest BCUT2D eigenvalue weighted by atomic mass is 10.2. The van der Waals surface area contributed by atoms with Crippen molar-refractivity contribution in [2.75, 3.05) is 12.8 Å². The Labute approximate surface area is 130 Å². The van der Waals surface area contributed by atoms with E-state index in [1.807, 2.05) is 36.4 Å². The molecule has 0 fully saturated rings. The lowest BCUT2D eigenvalue weighted by Crippen LogP contribution is -1.88. The molecule has 0 amide bonds. The second kappa shape index (κ2) is 6.55. The van der Waals surface area contributed by atoms with Crippen LogP contribution < -0.4 is 10.5 Å². The molecule has 2 rings (SSSR count). The largest absolute Gasteiger partial charge is 0.497 e. The molecule has 0 radical (unpaired) electrons. The van der Waals surface area contributed by atoms with Crippen LogP contribution in [0.5, 0.6) is 5.75 Å². The third-order valence-electron chi connectivity index (χ3n) is 2.62. The predicted octanol–water partition coefficient (Wildman–Crippen LogP) is 4.99. The highest BCUT2D eigenvalue weighted by Gasteiger charge is 2.05. The third kappa shape index (κ3) is 3.81. The molecule has 5 heteroatoms. The van der Waals surface area contributed by atoms with Gasteiger partial charge in [0.2, 0.25) is 0 Å². The SMILES string of the molecule is COc1ccc(Br)c(CSc2ccc(N)c(Cl)c2)c1. The van der Waals surface area contributed by atoms with E-state index in [1.54, 1.807) is 18.9 Å². The van der Waals surface area contributed by atoms with Gasteiger partial charge in [-0.25, -0.2) is 0 Å². The Balaban J connectivity index is 2.11.